The Bertz CT molecular complexity index is 2460. The van der Waals surface area contributed by atoms with Gasteiger partial charge in [0.15, 0.2) is 0 Å². The van der Waals surface area contributed by atoms with Crippen LogP contribution in [-0.2, 0) is 10.8 Å². The fourth-order valence-corrected chi connectivity index (χ4v) is 9.40. The van der Waals surface area contributed by atoms with Crippen LogP contribution >= 0.6 is 0 Å². The van der Waals surface area contributed by atoms with E-state index in [1.807, 2.05) is 0 Å². The Balaban J connectivity index is 1.19. The van der Waals surface area contributed by atoms with Crippen molar-refractivity contribution in [1.82, 2.24) is 0 Å². The summed E-state index contributed by atoms with van der Waals surface area (Å²) in [7, 11) is 0. The van der Waals surface area contributed by atoms with Gasteiger partial charge >= 0.3 is 0 Å². The van der Waals surface area contributed by atoms with Crippen LogP contribution in [0, 0.1) is 0 Å². The lowest BCUT2D eigenvalue weighted by atomic mass is 9.76. The number of rotatable bonds is 6. The summed E-state index contributed by atoms with van der Waals surface area (Å²) in [4.78, 5) is 2.48. The average molecular weight is 688 g/mol. The first kappa shape index (κ1) is 33.4. The van der Waals surface area contributed by atoms with Crippen LogP contribution in [0.3, 0.4) is 0 Å². The van der Waals surface area contributed by atoms with Crippen molar-refractivity contribution >= 4 is 27.8 Å². The smallest absolute Gasteiger partial charge is 0.0499 e. The molecule has 7 aromatic rings. The first-order valence-corrected chi connectivity index (χ1v) is 19.6. The highest BCUT2D eigenvalue weighted by molar-refractivity contribution is 5.97. The molecule has 2 aliphatic rings. The van der Waals surface area contributed by atoms with Gasteiger partial charge in [0.2, 0.25) is 0 Å². The first-order chi connectivity index (χ1) is 25.7. The topological polar surface area (TPSA) is 3.24 Å². The van der Waals surface area contributed by atoms with Crippen LogP contribution in [0.2, 0.25) is 0 Å². The zero-order valence-corrected chi connectivity index (χ0v) is 31.8. The minimum Gasteiger partial charge on any atom is -0.310 e. The Morgan fingerprint density at radius 1 is 0.528 bits per heavy atom. The maximum atomic E-state index is 2.48. The third kappa shape index (κ3) is 5.69. The first-order valence-electron chi connectivity index (χ1n) is 19.6. The normalized spacial score (nSPS) is 14.5. The molecular weight excluding hydrogens is 639 g/mol. The number of nitrogens with zero attached hydrogens (tertiary/aromatic N) is 1. The van der Waals surface area contributed by atoms with Gasteiger partial charge in [-0.15, -0.1) is 0 Å². The van der Waals surface area contributed by atoms with Gasteiger partial charge in [-0.2, -0.15) is 0 Å². The van der Waals surface area contributed by atoms with Gasteiger partial charge < -0.3 is 4.90 Å². The van der Waals surface area contributed by atoms with Crippen LogP contribution in [0.4, 0.5) is 17.1 Å². The molecule has 1 fully saturated rings. The van der Waals surface area contributed by atoms with Crippen molar-refractivity contribution in [3.05, 3.63) is 174 Å². The summed E-state index contributed by atoms with van der Waals surface area (Å²) in [5.74, 6) is 0.472. The standard InChI is InChI=1S/C52H49N/c1-35(2)36-22-26-41(27-23-36)53(50-29-25-40(34-49(50)51(3,4)5)44-20-13-15-37-14-6-7-18-43(37)44)42-17-12-16-38(32-42)39-24-28-48-46(33-39)45-19-8-9-21-47(45)52(48)30-10-11-31-52/h6-9,12-29,32-35H,10-11,30-31H2,1-5H3. The molecular formula is C52H49N. The van der Waals surface area contributed by atoms with Crippen molar-refractivity contribution < 1.29 is 0 Å². The maximum absolute atomic E-state index is 2.48. The van der Waals surface area contributed by atoms with Crippen molar-refractivity contribution in [3.63, 3.8) is 0 Å². The molecule has 1 heteroatoms. The van der Waals surface area contributed by atoms with Crippen LogP contribution in [0.1, 0.15) is 88.5 Å². The monoisotopic (exact) mass is 687 g/mol. The number of hydrogen-bond donors (Lipinski definition) is 0. The molecule has 0 bridgehead atoms. The Morgan fingerprint density at radius 3 is 1.98 bits per heavy atom. The Kier molecular flexibility index (Phi) is 8.15. The Hall–Kier alpha value is -5.40. The molecule has 0 N–H and O–H groups in total. The van der Waals surface area contributed by atoms with Gasteiger partial charge in [0.1, 0.15) is 0 Å². The molecule has 0 aliphatic heterocycles. The second-order valence-corrected chi connectivity index (χ2v) is 16.7. The summed E-state index contributed by atoms with van der Waals surface area (Å²) < 4.78 is 0. The molecule has 1 nitrogen and oxygen atoms in total. The van der Waals surface area contributed by atoms with E-state index in [9.17, 15) is 0 Å². The van der Waals surface area contributed by atoms with Gasteiger partial charge in [0, 0.05) is 22.5 Å². The van der Waals surface area contributed by atoms with Crippen LogP contribution in [-0.4, -0.2) is 0 Å². The number of benzene rings is 7. The van der Waals surface area contributed by atoms with Gasteiger partial charge in [-0.05, 0) is 133 Å². The predicted molar refractivity (Wildman–Crippen MR) is 227 cm³/mol. The minimum absolute atomic E-state index is 0.104. The van der Waals surface area contributed by atoms with E-state index in [1.165, 1.54) is 103 Å². The van der Waals surface area contributed by atoms with Crippen LogP contribution in [0.5, 0.6) is 0 Å². The number of hydrogen-bond acceptors (Lipinski definition) is 1. The lowest BCUT2D eigenvalue weighted by Gasteiger charge is -2.33. The van der Waals surface area contributed by atoms with E-state index in [0.717, 1.165) is 5.69 Å². The van der Waals surface area contributed by atoms with E-state index < -0.39 is 0 Å². The third-order valence-electron chi connectivity index (χ3n) is 12.1. The molecule has 0 radical (unpaired) electrons. The zero-order valence-electron chi connectivity index (χ0n) is 31.8. The van der Waals surface area contributed by atoms with E-state index in [2.05, 4.69) is 191 Å². The molecule has 0 saturated heterocycles. The molecule has 0 heterocycles. The Morgan fingerprint density at radius 2 is 1.19 bits per heavy atom. The van der Waals surface area contributed by atoms with Crippen molar-refractivity contribution in [2.45, 2.75) is 77.0 Å². The highest BCUT2D eigenvalue weighted by Gasteiger charge is 2.44. The number of anilines is 3. The second kappa shape index (κ2) is 12.9. The lowest BCUT2D eigenvalue weighted by molar-refractivity contribution is 0.550. The van der Waals surface area contributed by atoms with E-state index in [1.54, 1.807) is 0 Å². The van der Waals surface area contributed by atoms with Gasteiger partial charge in [0.25, 0.3) is 0 Å². The van der Waals surface area contributed by atoms with E-state index in [-0.39, 0.29) is 10.8 Å². The molecule has 262 valence electrons. The molecule has 0 amide bonds. The van der Waals surface area contributed by atoms with E-state index >= 15 is 0 Å². The van der Waals surface area contributed by atoms with Gasteiger partial charge in [-0.1, -0.05) is 157 Å². The summed E-state index contributed by atoms with van der Waals surface area (Å²) in [6, 6.07) is 57.4. The number of fused-ring (bicyclic) bond motifs is 6. The Labute approximate surface area is 316 Å². The summed E-state index contributed by atoms with van der Waals surface area (Å²) in [6.45, 7) is 11.6. The minimum atomic E-state index is -0.104. The maximum Gasteiger partial charge on any atom is 0.0499 e. The molecule has 0 unspecified atom stereocenters. The van der Waals surface area contributed by atoms with Crippen LogP contribution in [0.15, 0.2) is 152 Å². The molecule has 53 heavy (non-hydrogen) atoms. The predicted octanol–water partition coefficient (Wildman–Crippen LogP) is 14.9. The van der Waals surface area contributed by atoms with Crippen molar-refractivity contribution in [2.24, 2.45) is 0 Å². The molecule has 0 atom stereocenters. The third-order valence-corrected chi connectivity index (χ3v) is 12.1. The van der Waals surface area contributed by atoms with Crippen LogP contribution < -0.4 is 4.90 Å². The van der Waals surface area contributed by atoms with E-state index in [4.69, 9.17) is 0 Å². The molecule has 1 saturated carbocycles. The van der Waals surface area contributed by atoms with E-state index in [0.29, 0.717) is 5.92 Å². The molecule has 7 aromatic carbocycles. The fourth-order valence-electron chi connectivity index (χ4n) is 9.40. The average Bonchev–Trinajstić information content (AvgIpc) is 3.78. The molecule has 0 aromatic heterocycles. The fraction of sp³-hybridized carbons (Fsp3) is 0.231. The second-order valence-electron chi connectivity index (χ2n) is 16.7. The highest BCUT2D eigenvalue weighted by atomic mass is 15.1. The summed E-state index contributed by atoms with van der Waals surface area (Å²) in [5, 5.41) is 2.55. The molecule has 1 spiro atoms. The quantitative estimate of drug-likeness (QED) is 0.168. The van der Waals surface area contributed by atoms with Crippen molar-refractivity contribution in [3.8, 4) is 33.4 Å². The summed E-state index contributed by atoms with van der Waals surface area (Å²) in [6.07, 6.45) is 5.13. The van der Waals surface area contributed by atoms with Crippen molar-refractivity contribution in [2.75, 3.05) is 4.90 Å². The largest absolute Gasteiger partial charge is 0.310 e. The van der Waals surface area contributed by atoms with Gasteiger partial charge in [-0.25, -0.2) is 0 Å². The summed E-state index contributed by atoms with van der Waals surface area (Å²) in [5.41, 5.74) is 17.2. The SMILES string of the molecule is CC(C)c1ccc(N(c2cccc(-c3ccc4c(c3)-c3ccccc3C43CCCC3)c2)c2ccc(-c3cccc4ccccc34)cc2C(C)(C)C)cc1. The highest BCUT2D eigenvalue weighted by Crippen LogP contribution is 2.57. The van der Waals surface area contributed by atoms with Gasteiger partial charge in [-0.3, -0.25) is 0 Å². The molecule has 9 rings (SSSR count). The summed E-state index contributed by atoms with van der Waals surface area (Å²) >= 11 is 0. The molecule has 2 aliphatic carbocycles. The lowest BCUT2D eigenvalue weighted by Crippen LogP contribution is -2.20. The van der Waals surface area contributed by atoms with Crippen LogP contribution in [0.25, 0.3) is 44.2 Å². The van der Waals surface area contributed by atoms with Crippen molar-refractivity contribution in [1.29, 1.82) is 0 Å². The zero-order chi connectivity index (χ0) is 36.3. The van der Waals surface area contributed by atoms with Gasteiger partial charge in [0.05, 0.1) is 0 Å².